The van der Waals surface area contributed by atoms with Crippen LogP contribution < -0.4 is 0 Å². The van der Waals surface area contributed by atoms with E-state index >= 15 is 0 Å². The van der Waals surface area contributed by atoms with Crippen LogP contribution in [0.25, 0.3) is 0 Å². The van der Waals surface area contributed by atoms with Gasteiger partial charge in [-0.15, -0.1) is 0 Å². The van der Waals surface area contributed by atoms with Crippen LogP contribution in [0.15, 0.2) is 70.6 Å². The highest BCUT2D eigenvalue weighted by molar-refractivity contribution is 5.86. The van der Waals surface area contributed by atoms with Crippen molar-refractivity contribution in [1.82, 2.24) is 0 Å². The van der Waals surface area contributed by atoms with Crippen molar-refractivity contribution in [2.24, 2.45) is 9.98 Å². The molecule has 136 valence electrons. The first kappa shape index (κ1) is 19.4. The molecule has 2 aromatic rings. The Kier molecular flexibility index (Phi) is 7.14. The number of hydrogen-bond acceptors (Lipinski definition) is 3. The molecule has 1 N–H and O–H groups in total. The topological polar surface area (TPSA) is 62.0 Å². The second-order valence-electron chi connectivity index (χ2n) is 5.75. The summed E-state index contributed by atoms with van der Waals surface area (Å²) in [7, 11) is 0. The molecule has 0 amide bonds. The fourth-order valence-corrected chi connectivity index (χ4v) is 2.36. The Morgan fingerprint density at radius 2 is 1.54 bits per heavy atom. The van der Waals surface area contributed by atoms with E-state index in [1.54, 1.807) is 36.5 Å². The second-order valence-corrected chi connectivity index (χ2v) is 5.75. The predicted octanol–water partition coefficient (Wildman–Crippen LogP) is 4.09. The van der Waals surface area contributed by atoms with Crippen molar-refractivity contribution >= 4 is 18.4 Å². The van der Waals surface area contributed by atoms with Crippen LogP contribution >= 0.6 is 0 Å². The molecule has 1 atom stereocenters. The maximum atomic E-state index is 13.5. The lowest BCUT2D eigenvalue weighted by Gasteiger charge is -2.24. The summed E-state index contributed by atoms with van der Waals surface area (Å²) in [5.74, 6) is -1.63. The van der Waals surface area contributed by atoms with Crippen molar-refractivity contribution in [1.29, 1.82) is 0 Å². The molecule has 0 aromatic heterocycles. The quantitative estimate of drug-likeness (QED) is 0.542. The average Bonchev–Trinajstić information content (AvgIpc) is 2.65. The first-order chi connectivity index (χ1) is 12.5. The van der Waals surface area contributed by atoms with E-state index in [0.29, 0.717) is 5.56 Å². The van der Waals surface area contributed by atoms with Crippen LogP contribution in [0.4, 0.5) is 8.78 Å². The first-order valence-corrected chi connectivity index (χ1v) is 8.21. The van der Waals surface area contributed by atoms with Gasteiger partial charge in [-0.25, -0.2) is 13.6 Å². The molecular formula is C20H20F2N2O2. The maximum absolute atomic E-state index is 13.5. The molecular weight excluding hydrogens is 338 g/mol. The largest absolute Gasteiger partial charge is 0.479 e. The lowest BCUT2D eigenvalue weighted by Crippen LogP contribution is -2.44. The van der Waals surface area contributed by atoms with Gasteiger partial charge in [0.1, 0.15) is 0 Å². The van der Waals surface area contributed by atoms with Crippen molar-refractivity contribution in [2.75, 3.05) is 6.54 Å². The molecule has 0 aliphatic rings. The molecule has 0 heterocycles. The fraction of sp³-hybridized carbons (Fsp3) is 0.250. The average molecular weight is 358 g/mol. The Balaban J connectivity index is 2.04. The van der Waals surface area contributed by atoms with Crippen molar-refractivity contribution in [3.63, 3.8) is 0 Å². The van der Waals surface area contributed by atoms with E-state index in [-0.39, 0.29) is 19.4 Å². The van der Waals surface area contributed by atoms with E-state index in [1.807, 2.05) is 30.3 Å². The van der Waals surface area contributed by atoms with Crippen molar-refractivity contribution in [3.8, 4) is 0 Å². The molecule has 2 rings (SSSR count). The molecule has 0 aliphatic carbocycles. The molecule has 0 saturated carbocycles. The SMILES string of the molecule is O=C(O)C(CCCN=Cc1ccccc1)(N=Cc1ccccc1)C(F)F. The van der Waals surface area contributed by atoms with Crippen molar-refractivity contribution in [2.45, 2.75) is 24.8 Å². The number of hydrogen-bond donors (Lipinski definition) is 1. The summed E-state index contributed by atoms with van der Waals surface area (Å²) in [6, 6.07) is 17.9. The zero-order valence-corrected chi connectivity index (χ0v) is 14.1. The van der Waals surface area contributed by atoms with Crippen molar-refractivity contribution in [3.05, 3.63) is 71.8 Å². The number of rotatable bonds is 9. The van der Waals surface area contributed by atoms with Gasteiger partial charge in [0.05, 0.1) is 0 Å². The maximum Gasteiger partial charge on any atom is 0.337 e. The molecule has 2 aromatic carbocycles. The Morgan fingerprint density at radius 1 is 1.00 bits per heavy atom. The summed E-state index contributed by atoms with van der Waals surface area (Å²) in [6.07, 6.45) is -0.397. The summed E-state index contributed by atoms with van der Waals surface area (Å²) in [5, 5.41) is 9.37. The molecule has 0 fully saturated rings. The van der Waals surface area contributed by atoms with Gasteiger partial charge in [-0.05, 0) is 24.0 Å². The molecule has 6 heteroatoms. The highest BCUT2D eigenvalue weighted by Crippen LogP contribution is 2.27. The van der Waals surface area contributed by atoms with Gasteiger partial charge in [-0.3, -0.25) is 9.98 Å². The minimum atomic E-state index is -3.11. The molecule has 4 nitrogen and oxygen atoms in total. The van der Waals surface area contributed by atoms with E-state index < -0.39 is 17.9 Å². The second kappa shape index (κ2) is 9.56. The Bertz CT molecular complexity index is 749. The molecule has 0 bridgehead atoms. The van der Waals surface area contributed by atoms with Gasteiger partial charge >= 0.3 is 5.97 Å². The number of aliphatic imine (C=N–C) groups is 2. The fourth-order valence-electron chi connectivity index (χ4n) is 2.36. The molecule has 0 aliphatic heterocycles. The van der Waals surface area contributed by atoms with Gasteiger partial charge in [0.25, 0.3) is 6.43 Å². The van der Waals surface area contributed by atoms with Gasteiger partial charge in [-0.2, -0.15) is 0 Å². The predicted molar refractivity (Wildman–Crippen MR) is 98.5 cm³/mol. The summed E-state index contributed by atoms with van der Waals surface area (Å²) in [5.41, 5.74) is -0.994. The number of alkyl halides is 2. The lowest BCUT2D eigenvalue weighted by atomic mass is 9.94. The van der Waals surface area contributed by atoms with Gasteiger partial charge < -0.3 is 5.11 Å². The Morgan fingerprint density at radius 3 is 2.04 bits per heavy atom. The van der Waals surface area contributed by atoms with Crippen LogP contribution in [0.3, 0.4) is 0 Å². The number of aliphatic carboxylic acids is 1. The Hall–Kier alpha value is -2.89. The smallest absolute Gasteiger partial charge is 0.337 e. The number of benzene rings is 2. The van der Waals surface area contributed by atoms with Crippen molar-refractivity contribution < 1.29 is 18.7 Å². The highest BCUT2D eigenvalue weighted by Gasteiger charge is 2.46. The molecule has 1 unspecified atom stereocenters. The summed E-state index contributed by atoms with van der Waals surface area (Å²) in [6.45, 7) is 0.248. The minimum Gasteiger partial charge on any atom is -0.479 e. The van der Waals surface area contributed by atoms with Gasteiger partial charge in [0.15, 0.2) is 0 Å². The third-order valence-corrected chi connectivity index (χ3v) is 3.86. The van der Waals surface area contributed by atoms with E-state index in [2.05, 4.69) is 9.98 Å². The molecule has 26 heavy (non-hydrogen) atoms. The standard InChI is InChI=1S/C20H20F2N2O2/c21-18(22)20(19(25)26,24-15-17-10-5-2-6-11-17)12-7-13-23-14-16-8-3-1-4-9-16/h1-6,8-11,14-15,18H,7,12-13H2,(H,25,26). The van der Waals surface area contributed by atoms with Crippen LogP contribution in [0, 0.1) is 0 Å². The molecule has 0 spiro atoms. The third-order valence-electron chi connectivity index (χ3n) is 3.86. The van der Waals surface area contributed by atoms with E-state index in [9.17, 15) is 18.7 Å². The summed E-state index contributed by atoms with van der Waals surface area (Å²) < 4.78 is 27.1. The summed E-state index contributed by atoms with van der Waals surface area (Å²) in [4.78, 5) is 19.5. The van der Waals surface area contributed by atoms with Gasteiger partial charge in [-0.1, -0.05) is 60.7 Å². The van der Waals surface area contributed by atoms with E-state index in [4.69, 9.17) is 0 Å². The van der Waals surface area contributed by atoms with Gasteiger partial charge in [0, 0.05) is 19.0 Å². The Labute approximate surface area is 150 Å². The zero-order valence-electron chi connectivity index (χ0n) is 14.1. The van der Waals surface area contributed by atoms with Crippen LogP contribution in [0.1, 0.15) is 24.0 Å². The van der Waals surface area contributed by atoms with Crippen LogP contribution in [0.5, 0.6) is 0 Å². The number of carboxylic acids is 1. The normalized spacial score (nSPS) is 14.1. The summed E-state index contributed by atoms with van der Waals surface area (Å²) >= 11 is 0. The third kappa shape index (κ3) is 5.31. The number of carboxylic acid groups (broad SMARTS) is 1. The number of halogens is 2. The highest BCUT2D eigenvalue weighted by atomic mass is 19.3. The van der Waals surface area contributed by atoms with Crippen LogP contribution in [0.2, 0.25) is 0 Å². The van der Waals surface area contributed by atoms with Gasteiger partial charge in [0.2, 0.25) is 5.54 Å². The number of nitrogens with zero attached hydrogens (tertiary/aromatic N) is 2. The van der Waals surface area contributed by atoms with Crippen LogP contribution in [-0.2, 0) is 4.79 Å². The minimum absolute atomic E-state index is 0.187. The van der Waals surface area contributed by atoms with Crippen LogP contribution in [-0.4, -0.2) is 42.0 Å². The molecule has 0 saturated heterocycles. The number of carbonyl (C=O) groups is 1. The van der Waals surface area contributed by atoms with E-state index in [0.717, 1.165) is 5.56 Å². The zero-order chi connectivity index (χ0) is 18.8. The first-order valence-electron chi connectivity index (χ1n) is 8.21. The monoisotopic (exact) mass is 358 g/mol. The van der Waals surface area contributed by atoms with E-state index in [1.165, 1.54) is 6.21 Å². The molecule has 0 radical (unpaired) electrons. The lowest BCUT2D eigenvalue weighted by molar-refractivity contribution is -0.149.